The number of aliphatic hydroxyl groups excluding tert-OH is 1. The van der Waals surface area contributed by atoms with Gasteiger partial charge in [-0.1, -0.05) is 0 Å². The van der Waals surface area contributed by atoms with Gasteiger partial charge in [0.05, 0.1) is 4.75 Å². The molecular formula is C18H26FeO4S-6. The van der Waals surface area contributed by atoms with Crippen LogP contribution in [0.4, 0.5) is 0 Å². The van der Waals surface area contributed by atoms with Crippen LogP contribution in [0.3, 0.4) is 0 Å². The van der Waals surface area contributed by atoms with Crippen LogP contribution >= 0.6 is 0 Å². The summed E-state index contributed by atoms with van der Waals surface area (Å²) in [5.74, 6) is 0. The van der Waals surface area contributed by atoms with Gasteiger partial charge in [-0.25, -0.2) is 20.6 Å². The van der Waals surface area contributed by atoms with Gasteiger partial charge in [0, 0.05) is 30.3 Å². The van der Waals surface area contributed by atoms with Gasteiger partial charge >= 0.3 is 0 Å². The monoisotopic (exact) mass is 394 g/mol. The molecule has 24 heavy (non-hydrogen) atoms. The largest absolute Gasteiger partial charge is 0.748 e. The van der Waals surface area contributed by atoms with Crippen LogP contribution in [0.15, 0.2) is 54.6 Å². The van der Waals surface area contributed by atoms with Crippen molar-refractivity contribution in [2.75, 3.05) is 13.2 Å². The third-order valence-electron chi connectivity index (χ3n) is 3.22. The zero-order valence-corrected chi connectivity index (χ0v) is 16.2. The number of hydrogen-bond donors (Lipinski definition) is 1. The first kappa shape index (κ1) is 23.1. The fourth-order valence-electron chi connectivity index (χ4n) is 1.81. The number of ether oxygens (including phenoxy) is 1. The van der Waals surface area contributed by atoms with Crippen LogP contribution in [-0.4, -0.2) is 31.5 Å². The Morgan fingerprint density at radius 2 is 1.54 bits per heavy atom. The summed E-state index contributed by atoms with van der Waals surface area (Å²) in [6, 6.07) is 17.1. The van der Waals surface area contributed by atoms with Gasteiger partial charge in [-0.05, 0) is 27.2 Å². The Morgan fingerprint density at radius 1 is 1.08 bits per heavy atom. The molecule has 0 aromatic heterocycles. The van der Waals surface area contributed by atoms with Gasteiger partial charge < -0.3 is 40.2 Å². The van der Waals surface area contributed by atoms with E-state index in [1.54, 1.807) is 45.0 Å². The molecule has 1 atom stereocenters. The predicted octanol–water partition coefficient (Wildman–Crippen LogP) is 3.42. The smallest absolute Gasteiger partial charge is 0.175 e. The second-order valence-corrected chi connectivity index (χ2v) is 8.86. The van der Waals surface area contributed by atoms with Crippen LogP contribution < -0.4 is 0 Å². The molecule has 2 aromatic carbocycles. The standard InChI is InChI=1S/C13H21O4S.C5H5.Fe/c1-13(2,3)18(15,16)12(17-10-6-9-14)11-7-4-5-8-11;1-2-4-5-3-1;/h4-5,7-8,12,14H,6,9-10H2,1-3H3;1-5H;/q-1;-5;. The van der Waals surface area contributed by atoms with Crippen molar-refractivity contribution >= 4 is 9.84 Å². The van der Waals surface area contributed by atoms with E-state index in [-0.39, 0.29) is 30.3 Å². The zero-order chi connectivity index (χ0) is 17.3. The van der Waals surface area contributed by atoms with E-state index in [4.69, 9.17) is 9.84 Å². The molecule has 0 amide bonds. The van der Waals surface area contributed by atoms with E-state index in [1.807, 2.05) is 30.3 Å². The van der Waals surface area contributed by atoms with Gasteiger partial charge in [0.1, 0.15) is 5.44 Å². The second-order valence-electron chi connectivity index (χ2n) is 6.12. The Morgan fingerprint density at radius 3 is 1.92 bits per heavy atom. The molecule has 0 heterocycles. The molecule has 0 radical (unpaired) electrons. The Bertz CT molecular complexity index is 593. The van der Waals surface area contributed by atoms with Crippen molar-refractivity contribution < 1.29 is 35.3 Å². The quantitative estimate of drug-likeness (QED) is 0.463. The summed E-state index contributed by atoms with van der Waals surface area (Å²) in [7, 11) is -3.45. The zero-order valence-electron chi connectivity index (χ0n) is 14.3. The van der Waals surface area contributed by atoms with E-state index in [0.29, 0.717) is 12.0 Å². The van der Waals surface area contributed by atoms with Crippen LogP contribution in [0.2, 0.25) is 0 Å². The summed E-state index contributed by atoms with van der Waals surface area (Å²) in [5.41, 5.74) is -0.318. The molecule has 1 N–H and O–H groups in total. The average Bonchev–Trinajstić information content (AvgIpc) is 3.16. The van der Waals surface area contributed by atoms with Crippen molar-refractivity contribution in [3.63, 3.8) is 0 Å². The molecule has 0 aliphatic rings. The SMILES string of the molecule is CC(C)(C)S(=O)(=O)C(OCCCO)[c-]1cccc1.[Fe].[cH-]1[cH-][cH-][cH-][cH-]1. The molecule has 0 saturated carbocycles. The first-order valence-electron chi connectivity index (χ1n) is 7.65. The van der Waals surface area contributed by atoms with Crippen molar-refractivity contribution in [2.45, 2.75) is 37.4 Å². The van der Waals surface area contributed by atoms with E-state index >= 15 is 0 Å². The maximum Gasteiger partial charge on any atom is 0.175 e. The summed E-state index contributed by atoms with van der Waals surface area (Å²) >= 11 is 0. The summed E-state index contributed by atoms with van der Waals surface area (Å²) in [6.45, 7) is 5.19. The third kappa shape index (κ3) is 6.91. The molecule has 2 rings (SSSR count). The van der Waals surface area contributed by atoms with Crippen LogP contribution in [0, 0.1) is 0 Å². The molecule has 2 aromatic rings. The first-order valence-corrected chi connectivity index (χ1v) is 9.19. The summed E-state index contributed by atoms with van der Waals surface area (Å²) in [4.78, 5) is 0. The molecular weight excluding hydrogens is 368 g/mol. The third-order valence-corrected chi connectivity index (χ3v) is 5.90. The molecule has 0 fully saturated rings. The predicted molar refractivity (Wildman–Crippen MR) is 93.1 cm³/mol. The van der Waals surface area contributed by atoms with Crippen molar-refractivity contribution in [1.29, 1.82) is 0 Å². The summed E-state index contributed by atoms with van der Waals surface area (Å²) in [6.07, 6.45) is 0.427. The van der Waals surface area contributed by atoms with E-state index in [9.17, 15) is 8.42 Å². The molecule has 0 bridgehead atoms. The van der Waals surface area contributed by atoms with Gasteiger partial charge in [0.25, 0.3) is 0 Å². The molecule has 142 valence electrons. The van der Waals surface area contributed by atoms with E-state index in [0.717, 1.165) is 0 Å². The Kier molecular flexibility index (Phi) is 10.4. The molecule has 0 saturated heterocycles. The maximum absolute atomic E-state index is 12.5. The maximum atomic E-state index is 12.5. The van der Waals surface area contributed by atoms with Crippen molar-refractivity contribution in [2.24, 2.45) is 0 Å². The first-order chi connectivity index (χ1) is 10.8. The van der Waals surface area contributed by atoms with Crippen molar-refractivity contribution in [1.82, 2.24) is 0 Å². The Hall–Kier alpha value is -0.911. The van der Waals surface area contributed by atoms with E-state index in [1.165, 1.54) is 0 Å². The van der Waals surface area contributed by atoms with Crippen LogP contribution in [0.1, 0.15) is 38.2 Å². The van der Waals surface area contributed by atoms with Crippen LogP contribution in [-0.2, 0) is 31.6 Å². The van der Waals surface area contributed by atoms with Gasteiger partial charge in [-0.15, -0.1) is 5.56 Å². The number of aliphatic hydroxyl groups is 1. The second kappa shape index (κ2) is 10.9. The minimum atomic E-state index is -3.45. The van der Waals surface area contributed by atoms with Crippen molar-refractivity contribution in [3.8, 4) is 0 Å². The molecule has 6 heteroatoms. The van der Waals surface area contributed by atoms with Gasteiger partial charge in [-0.3, -0.25) is 0 Å². The summed E-state index contributed by atoms with van der Waals surface area (Å²) in [5, 5.41) is 8.74. The number of sulfone groups is 1. The van der Waals surface area contributed by atoms with Crippen LogP contribution in [0.5, 0.6) is 0 Å². The molecule has 0 aliphatic heterocycles. The molecule has 0 aliphatic carbocycles. The topological polar surface area (TPSA) is 63.6 Å². The fourth-order valence-corrected chi connectivity index (χ4v) is 3.24. The fraction of sp³-hybridized carbons (Fsp3) is 0.444. The van der Waals surface area contributed by atoms with Gasteiger partial charge in [-0.2, -0.15) is 12.1 Å². The average molecular weight is 394 g/mol. The normalized spacial score (nSPS) is 12.7. The Labute approximate surface area is 156 Å². The molecule has 4 nitrogen and oxygen atoms in total. The number of rotatable bonds is 6. The summed E-state index contributed by atoms with van der Waals surface area (Å²) < 4.78 is 29.5. The minimum Gasteiger partial charge on any atom is -0.748 e. The number of hydrogen-bond acceptors (Lipinski definition) is 4. The molecule has 0 spiro atoms. The van der Waals surface area contributed by atoms with E-state index < -0.39 is 20.0 Å². The van der Waals surface area contributed by atoms with Crippen molar-refractivity contribution in [3.05, 3.63) is 60.2 Å². The van der Waals surface area contributed by atoms with Gasteiger partial charge in [0.2, 0.25) is 0 Å². The minimum absolute atomic E-state index is 0. The van der Waals surface area contributed by atoms with Crippen LogP contribution in [0.25, 0.3) is 0 Å². The van der Waals surface area contributed by atoms with E-state index in [2.05, 4.69) is 0 Å². The molecule has 1 unspecified atom stereocenters. The van der Waals surface area contributed by atoms with Gasteiger partial charge in [0.15, 0.2) is 9.84 Å². The Balaban J connectivity index is 0.000000751.